The number of carbonyl (C=O) groups excluding carboxylic acids is 1. The summed E-state index contributed by atoms with van der Waals surface area (Å²) in [7, 11) is 0. The lowest BCUT2D eigenvalue weighted by atomic mass is 9.88. The summed E-state index contributed by atoms with van der Waals surface area (Å²) >= 11 is 0. The Labute approximate surface area is 198 Å². The van der Waals surface area contributed by atoms with Crippen molar-refractivity contribution in [3.05, 3.63) is 29.8 Å². The fourth-order valence-corrected chi connectivity index (χ4v) is 4.29. The number of amides is 1. The Morgan fingerprint density at radius 2 is 1.93 bits per heavy atom. The molecular formula is C23H37IN4O2. The summed E-state index contributed by atoms with van der Waals surface area (Å²) in [6.45, 7) is 7.69. The van der Waals surface area contributed by atoms with E-state index in [4.69, 9.17) is 9.73 Å². The van der Waals surface area contributed by atoms with E-state index < -0.39 is 0 Å². The van der Waals surface area contributed by atoms with Gasteiger partial charge < -0.3 is 20.3 Å². The van der Waals surface area contributed by atoms with Gasteiger partial charge in [-0.2, -0.15) is 0 Å². The van der Waals surface area contributed by atoms with E-state index in [9.17, 15) is 4.79 Å². The smallest absolute Gasteiger partial charge is 0.225 e. The third-order valence-electron chi connectivity index (χ3n) is 5.82. The predicted octanol–water partition coefficient (Wildman–Crippen LogP) is 3.94. The molecule has 3 rings (SSSR count). The molecule has 1 saturated heterocycles. The molecule has 1 saturated carbocycles. The van der Waals surface area contributed by atoms with Crippen molar-refractivity contribution in [3.63, 3.8) is 0 Å². The zero-order valence-electron chi connectivity index (χ0n) is 18.4. The zero-order chi connectivity index (χ0) is 20.5. The number of hydrogen-bond acceptors (Lipinski definition) is 3. The summed E-state index contributed by atoms with van der Waals surface area (Å²) in [4.78, 5) is 19.6. The maximum Gasteiger partial charge on any atom is 0.225 e. The number of likely N-dealkylation sites (tertiary alicyclic amines) is 1. The van der Waals surface area contributed by atoms with Gasteiger partial charge in [0, 0.05) is 37.2 Å². The van der Waals surface area contributed by atoms with Crippen molar-refractivity contribution in [2.24, 2.45) is 10.9 Å². The molecule has 168 valence electrons. The van der Waals surface area contributed by atoms with E-state index in [0.717, 1.165) is 56.2 Å². The van der Waals surface area contributed by atoms with Gasteiger partial charge in [0.25, 0.3) is 0 Å². The molecule has 2 fully saturated rings. The van der Waals surface area contributed by atoms with Crippen LogP contribution in [0.25, 0.3) is 0 Å². The molecule has 0 bridgehead atoms. The first kappa shape index (κ1) is 24.8. The largest absolute Gasteiger partial charge is 0.494 e. The average Bonchev–Trinajstić information content (AvgIpc) is 3.22. The number of hydrogen-bond donors (Lipinski definition) is 2. The van der Waals surface area contributed by atoms with Gasteiger partial charge in [-0.1, -0.05) is 37.5 Å². The van der Waals surface area contributed by atoms with E-state index in [1.807, 2.05) is 25.1 Å². The van der Waals surface area contributed by atoms with Crippen LogP contribution in [-0.4, -0.2) is 49.0 Å². The minimum absolute atomic E-state index is 0. The molecule has 1 aromatic rings. The van der Waals surface area contributed by atoms with E-state index in [2.05, 4.69) is 28.5 Å². The number of halogens is 1. The maximum atomic E-state index is 12.8. The molecule has 1 amide bonds. The lowest BCUT2D eigenvalue weighted by Gasteiger charge is -2.26. The number of nitrogens with zero attached hydrogens (tertiary/aromatic N) is 2. The second-order valence-electron chi connectivity index (χ2n) is 7.99. The molecule has 1 aromatic carbocycles. The summed E-state index contributed by atoms with van der Waals surface area (Å²) in [5.74, 6) is 2.30. The molecule has 7 heteroatoms. The average molecular weight is 528 g/mol. The number of carbonyl (C=O) groups is 1. The molecule has 1 aliphatic heterocycles. The highest BCUT2D eigenvalue weighted by atomic mass is 127. The number of ether oxygens (including phenoxy) is 1. The fourth-order valence-electron chi connectivity index (χ4n) is 4.29. The molecule has 0 radical (unpaired) electrons. The summed E-state index contributed by atoms with van der Waals surface area (Å²) in [5, 5.41) is 6.86. The molecule has 6 nitrogen and oxygen atoms in total. The van der Waals surface area contributed by atoms with Gasteiger partial charge in [0.05, 0.1) is 13.2 Å². The minimum Gasteiger partial charge on any atom is -0.494 e. The van der Waals surface area contributed by atoms with Crippen LogP contribution in [0, 0.1) is 5.92 Å². The van der Waals surface area contributed by atoms with E-state index in [1.165, 1.54) is 19.3 Å². The van der Waals surface area contributed by atoms with Crippen LogP contribution in [-0.2, 0) is 11.3 Å². The van der Waals surface area contributed by atoms with Crippen molar-refractivity contribution in [2.45, 2.75) is 65.0 Å². The number of rotatable bonds is 7. The van der Waals surface area contributed by atoms with Gasteiger partial charge in [0.15, 0.2) is 5.96 Å². The highest BCUT2D eigenvalue weighted by Gasteiger charge is 2.31. The van der Waals surface area contributed by atoms with Crippen molar-refractivity contribution in [3.8, 4) is 5.75 Å². The first-order valence-electron chi connectivity index (χ1n) is 11.3. The highest BCUT2D eigenvalue weighted by molar-refractivity contribution is 14.0. The molecule has 1 unspecified atom stereocenters. The SMILES string of the molecule is CCNC(=NCc1ccccc1OCC)NC1CCN(C(=O)C2CCCCC2)C1.I. The van der Waals surface area contributed by atoms with Crippen molar-refractivity contribution >= 4 is 35.8 Å². The Morgan fingerprint density at radius 3 is 2.67 bits per heavy atom. The molecule has 30 heavy (non-hydrogen) atoms. The summed E-state index contributed by atoms with van der Waals surface area (Å²) < 4.78 is 5.71. The summed E-state index contributed by atoms with van der Waals surface area (Å²) in [5.41, 5.74) is 1.08. The number of para-hydroxylation sites is 1. The van der Waals surface area contributed by atoms with Crippen LogP contribution in [0.4, 0.5) is 0 Å². The van der Waals surface area contributed by atoms with E-state index >= 15 is 0 Å². The van der Waals surface area contributed by atoms with Gasteiger partial charge >= 0.3 is 0 Å². The Balaban J connectivity index is 0.00000320. The number of benzene rings is 1. The molecule has 1 aliphatic carbocycles. The highest BCUT2D eigenvalue weighted by Crippen LogP contribution is 2.26. The Bertz CT molecular complexity index is 692. The predicted molar refractivity (Wildman–Crippen MR) is 133 cm³/mol. The molecular weight excluding hydrogens is 491 g/mol. The third-order valence-corrected chi connectivity index (χ3v) is 5.82. The lowest BCUT2D eigenvalue weighted by molar-refractivity contribution is -0.135. The van der Waals surface area contributed by atoms with E-state index in [1.54, 1.807) is 0 Å². The second-order valence-corrected chi connectivity index (χ2v) is 7.99. The molecule has 1 heterocycles. The van der Waals surface area contributed by atoms with Gasteiger partial charge in [-0.05, 0) is 39.2 Å². The van der Waals surface area contributed by atoms with Crippen molar-refractivity contribution in [1.29, 1.82) is 0 Å². The van der Waals surface area contributed by atoms with Crippen LogP contribution in [0.1, 0.15) is 57.9 Å². The normalized spacial score (nSPS) is 19.9. The number of aliphatic imine (C=N–C) groups is 1. The number of guanidine groups is 1. The standard InChI is InChI=1S/C23H36N4O2.HI/c1-3-24-23(25-16-19-12-8-9-13-21(19)29-4-2)26-20-14-15-27(17-20)22(28)18-10-6-5-7-11-18;/h8-9,12-13,18,20H,3-7,10-11,14-17H2,1-2H3,(H2,24,25,26);1H. The topological polar surface area (TPSA) is 66.0 Å². The summed E-state index contributed by atoms with van der Waals surface area (Å²) in [6, 6.07) is 8.29. The Kier molecular flexibility index (Phi) is 10.7. The third kappa shape index (κ3) is 7.03. The van der Waals surface area contributed by atoms with Crippen LogP contribution < -0.4 is 15.4 Å². The van der Waals surface area contributed by atoms with Crippen molar-refractivity contribution < 1.29 is 9.53 Å². The minimum atomic E-state index is 0. The first-order valence-corrected chi connectivity index (χ1v) is 11.3. The van der Waals surface area contributed by atoms with Gasteiger partial charge in [-0.15, -0.1) is 24.0 Å². The number of nitrogens with one attached hydrogen (secondary N) is 2. The monoisotopic (exact) mass is 528 g/mol. The van der Waals surface area contributed by atoms with Crippen molar-refractivity contribution in [2.75, 3.05) is 26.2 Å². The second kappa shape index (κ2) is 13.0. The van der Waals surface area contributed by atoms with Crippen LogP contribution in [0.5, 0.6) is 5.75 Å². The fraction of sp³-hybridized carbons (Fsp3) is 0.652. The maximum absolute atomic E-state index is 12.8. The molecule has 0 aromatic heterocycles. The van der Waals surface area contributed by atoms with Crippen LogP contribution >= 0.6 is 24.0 Å². The molecule has 2 aliphatic rings. The zero-order valence-corrected chi connectivity index (χ0v) is 20.7. The van der Waals surface area contributed by atoms with Crippen molar-refractivity contribution in [1.82, 2.24) is 15.5 Å². The Morgan fingerprint density at radius 1 is 1.17 bits per heavy atom. The summed E-state index contributed by atoms with van der Waals surface area (Å²) in [6.07, 6.45) is 6.79. The molecule has 0 spiro atoms. The van der Waals surface area contributed by atoms with Gasteiger partial charge in [0.1, 0.15) is 5.75 Å². The van der Waals surface area contributed by atoms with E-state index in [0.29, 0.717) is 19.1 Å². The van der Waals surface area contributed by atoms with Gasteiger partial charge in [-0.3, -0.25) is 4.79 Å². The quantitative estimate of drug-likeness (QED) is 0.320. The van der Waals surface area contributed by atoms with Crippen LogP contribution in [0.2, 0.25) is 0 Å². The van der Waals surface area contributed by atoms with Crippen LogP contribution in [0.15, 0.2) is 29.3 Å². The van der Waals surface area contributed by atoms with Crippen LogP contribution in [0.3, 0.4) is 0 Å². The van der Waals surface area contributed by atoms with Gasteiger partial charge in [0.2, 0.25) is 5.91 Å². The van der Waals surface area contributed by atoms with E-state index in [-0.39, 0.29) is 35.9 Å². The molecule has 2 N–H and O–H groups in total. The van der Waals surface area contributed by atoms with Gasteiger partial charge in [-0.25, -0.2) is 4.99 Å². The first-order chi connectivity index (χ1) is 14.2. The molecule has 1 atom stereocenters. The Hall–Kier alpha value is -1.51. The lowest BCUT2D eigenvalue weighted by Crippen LogP contribution is -2.45.